The number of anilines is 1. The fraction of sp³-hybridized carbons (Fsp3) is 0.294. The van der Waals surface area contributed by atoms with Gasteiger partial charge in [-0.25, -0.2) is 0 Å². The molecule has 1 fully saturated rings. The summed E-state index contributed by atoms with van der Waals surface area (Å²) in [5.41, 5.74) is 9.33. The van der Waals surface area contributed by atoms with Gasteiger partial charge in [-0.05, 0) is 49.6 Å². The highest BCUT2D eigenvalue weighted by molar-refractivity contribution is 5.99. The topological polar surface area (TPSA) is 59.2 Å². The van der Waals surface area contributed by atoms with Crippen molar-refractivity contribution in [2.45, 2.75) is 25.8 Å². The number of likely N-dealkylation sites (tertiary alicyclic amines) is 1. The summed E-state index contributed by atoms with van der Waals surface area (Å²) in [7, 11) is 0. The van der Waals surface area contributed by atoms with E-state index in [2.05, 4.69) is 4.98 Å². The van der Waals surface area contributed by atoms with Crippen LogP contribution in [0.1, 0.15) is 40.4 Å². The summed E-state index contributed by atoms with van der Waals surface area (Å²) >= 11 is 0. The summed E-state index contributed by atoms with van der Waals surface area (Å²) in [6.07, 6.45) is 5.56. The van der Waals surface area contributed by atoms with Gasteiger partial charge in [-0.1, -0.05) is 11.6 Å². The van der Waals surface area contributed by atoms with Crippen LogP contribution in [0.2, 0.25) is 0 Å². The Labute approximate surface area is 124 Å². The number of nitrogens with zero attached hydrogens (tertiary/aromatic N) is 2. The summed E-state index contributed by atoms with van der Waals surface area (Å²) in [5.74, 6) is 0.0236. The first-order valence-electron chi connectivity index (χ1n) is 7.24. The molecule has 2 heterocycles. The summed E-state index contributed by atoms with van der Waals surface area (Å²) in [4.78, 5) is 18.8. The molecule has 21 heavy (non-hydrogen) atoms. The Morgan fingerprint density at radius 1 is 1.29 bits per heavy atom. The van der Waals surface area contributed by atoms with E-state index in [1.54, 1.807) is 18.5 Å². The van der Waals surface area contributed by atoms with E-state index in [-0.39, 0.29) is 11.9 Å². The Morgan fingerprint density at radius 3 is 2.81 bits per heavy atom. The maximum atomic E-state index is 12.8. The first-order chi connectivity index (χ1) is 10.2. The Kier molecular flexibility index (Phi) is 3.60. The van der Waals surface area contributed by atoms with Crippen LogP contribution in [0.5, 0.6) is 0 Å². The van der Waals surface area contributed by atoms with Crippen LogP contribution >= 0.6 is 0 Å². The summed E-state index contributed by atoms with van der Waals surface area (Å²) < 4.78 is 0. The Hall–Kier alpha value is -2.36. The third-order valence-corrected chi connectivity index (χ3v) is 4.04. The minimum atomic E-state index is 0.0236. The fourth-order valence-corrected chi connectivity index (χ4v) is 2.95. The van der Waals surface area contributed by atoms with Gasteiger partial charge >= 0.3 is 0 Å². The number of amides is 1. The van der Waals surface area contributed by atoms with Crippen molar-refractivity contribution in [3.05, 3.63) is 59.4 Å². The third kappa shape index (κ3) is 2.61. The number of aromatic nitrogens is 1. The van der Waals surface area contributed by atoms with E-state index in [0.29, 0.717) is 11.3 Å². The van der Waals surface area contributed by atoms with Crippen molar-refractivity contribution < 1.29 is 4.79 Å². The Morgan fingerprint density at radius 2 is 2.05 bits per heavy atom. The lowest BCUT2D eigenvalue weighted by Crippen LogP contribution is -2.31. The van der Waals surface area contributed by atoms with Crippen LogP contribution in [0.15, 0.2) is 42.7 Å². The molecule has 0 aliphatic carbocycles. The number of hydrogen-bond donors (Lipinski definition) is 1. The number of rotatable bonds is 2. The number of carbonyl (C=O) groups is 1. The van der Waals surface area contributed by atoms with Gasteiger partial charge in [0.25, 0.3) is 5.91 Å². The first kappa shape index (κ1) is 13.6. The number of pyridine rings is 1. The molecule has 0 radical (unpaired) electrons. The fourth-order valence-electron chi connectivity index (χ4n) is 2.95. The third-order valence-electron chi connectivity index (χ3n) is 4.04. The maximum absolute atomic E-state index is 12.8. The average Bonchev–Trinajstić information content (AvgIpc) is 2.99. The van der Waals surface area contributed by atoms with Crippen molar-refractivity contribution in [1.82, 2.24) is 9.88 Å². The van der Waals surface area contributed by atoms with Gasteiger partial charge in [0.2, 0.25) is 0 Å². The highest BCUT2D eigenvalue weighted by Gasteiger charge is 2.31. The van der Waals surface area contributed by atoms with Crippen LogP contribution in [0.25, 0.3) is 0 Å². The second kappa shape index (κ2) is 5.56. The molecule has 1 aliphatic heterocycles. The normalized spacial score (nSPS) is 18.0. The van der Waals surface area contributed by atoms with Crippen molar-refractivity contribution in [2.75, 3.05) is 12.3 Å². The molecule has 1 amide bonds. The largest absolute Gasteiger partial charge is 0.398 e. The number of nitrogen functional groups attached to an aromatic ring is 1. The summed E-state index contributed by atoms with van der Waals surface area (Å²) in [6.45, 7) is 2.75. The molecule has 0 spiro atoms. The van der Waals surface area contributed by atoms with Gasteiger partial charge in [-0.15, -0.1) is 0 Å². The highest BCUT2D eigenvalue weighted by Crippen LogP contribution is 2.33. The predicted molar refractivity (Wildman–Crippen MR) is 82.8 cm³/mol. The monoisotopic (exact) mass is 281 g/mol. The first-order valence-corrected chi connectivity index (χ1v) is 7.24. The molecule has 2 N–H and O–H groups in total. The lowest BCUT2D eigenvalue weighted by atomic mass is 10.0. The number of benzene rings is 1. The second-order valence-corrected chi connectivity index (χ2v) is 5.53. The van der Waals surface area contributed by atoms with Crippen LogP contribution in [0, 0.1) is 6.92 Å². The molecule has 108 valence electrons. The van der Waals surface area contributed by atoms with Crippen molar-refractivity contribution in [1.29, 1.82) is 0 Å². The van der Waals surface area contributed by atoms with Crippen molar-refractivity contribution in [3.63, 3.8) is 0 Å². The zero-order valence-electron chi connectivity index (χ0n) is 12.1. The van der Waals surface area contributed by atoms with Crippen molar-refractivity contribution >= 4 is 11.6 Å². The van der Waals surface area contributed by atoms with E-state index in [9.17, 15) is 4.79 Å². The van der Waals surface area contributed by atoms with Crippen molar-refractivity contribution in [2.24, 2.45) is 0 Å². The minimum Gasteiger partial charge on any atom is -0.398 e. The average molecular weight is 281 g/mol. The van der Waals surface area contributed by atoms with E-state index in [1.165, 1.54) is 0 Å². The van der Waals surface area contributed by atoms with E-state index < -0.39 is 0 Å². The number of aryl methyl sites for hydroxylation is 1. The predicted octanol–water partition coefficient (Wildman–Crippen LogP) is 2.95. The smallest absolute Gasteiger partial charge is 0.256 e. The molecule has 1 aromatic carbocycles. The van der Waals surface area contributed by atoms with Gasteiger partial charge in [-0.2, -0.15) is 0 Å². The number of nitrogens with two attached hydrogens (primary N) is 1. The summed E-state index contributed by atoms with van der Waals surface area (Å²) in [5, 5.41) is 0. The van der Waals surface area contributed by atoms with E-state index in [4.69, 9.17) is 5.73 Å². The molecule has 4 heteroatoms. The molecule has 3 rings (SSSR count). The second-order valence-electron chi connectivity index (χ2n) is 5.53. The Bertz CT molecular complexity index is 654. The zero-order chi connectivity index (χ0) is 14.8. The van der Waals surface area contributed by atoms with E-state index in [0.717, 1.165) is 30.5 Å². The minimum absolute atomic E-state index is 0.0236. The molecule has 1 unspecified atom stereocenters. The van der Waals surface area contributed by atoms with Gasteiger partial charge in [0.1, 0.15) is 0 Å². The van der Waals surface area contributed by atoms with Crippen LogP contribution in [0.4, 0.5) is 5.69 Å². The molecule has 1 aromatic heterocycles. The lowest BCUT2D eigenvalue weighted by Gasteiger charge is -2.25. The standard InChI is InChI=1S/C17H19N3O/c1-12-4-5-15(18)14(11-12)17(21)20-10-2-3-16(20)13-6-8-19-9-7-13/h4-9,11,16H,2-3,10,18H2,1H3. The van der Waals surface area contributed by atoms with Crippen LogP contribution in [0.3, 0.4) is 0 Å². The SMILES string of the molecule is Cc1ccc(N)c(C(=O)N2CCCC2c2ccncc2)c1. The number of hydrogen-bond acceptors (Lipinski definition) is 3. The molecular weight excluding hydrogens is 262 g/mol. The Balaban J connectivity index is 1.92. The molecule has 0 saturated carbocycles. The van der Waals surface area contributed by atoms with Gasteiger partial charge in [0.15, 0.2) is 0 Å². The van der Waals surface area contributed by atoms with Gasteiger partial charge in [-0.3, -0.25) is 9.78 Å². The molecule has 2 aromatic rings. The highest BCUT2D eigenvalue weighted by atomic mass is 16.2. The molecule has 1 aliphatic rings. The van der Waals surface area contributed by atoms with E-state index >= 15 is 0 Å². The summed E-state index contributed by atoms with van der Waals surface area (Å²) in [6, 6.07) is 9.70. The molecule has 1 saturated heterocycles. The van der Waals surface area contributed by atoms with E-state index in [1.807, 2.05) is 36.1 Å². The quantitative estimate of drug-likeness (QED) is 0.861. The van der Waals surface area contributed by atoms with Gasteiger partial charge < -0.3 is 10.6 Å². The van der Waals surface area contributed by atoms with Crippen LogP contribution in [-0.4, -0.2) is 22.3 Å². The van der Waals surface area contributed by atoms with Gasteiger partial charge in [0.05, 0.1) is 11.6 Å². The molecular formula is C17H19N3O. The van der Waals surface area contributed by atoms with Crippen LogP contribution < -0.4 is 5.73 Å². The lowest BCUT2D eigenvalue weighted by molar-refractivity contribution is 0.0736. The number of carbonyl (C=O) groups excluding carboxylic acids is 1. The molecule has 1 atom stereocenters. The molecule has 0 bridgehead atoms. The molecule has 4 nitrogen and oxygen atoms in total. The maximum Gasteiger partial charge on any atom is 0.256 e. The van der Waals surface area contributed by atoms with Gasteiger partial charge in [0, 0.05) is 24.6 Å². The van der Waals surface area contributed by atoms with Crippen molar-refractivity contribution in [3.8, 4) is 0 Å². The van der Waals surface area contributed by atoms with Crippen LogP contribution in [-0.2, 0) is 0 Å². The zero-order valence-corrected chi connectivity index (χ0v) is 12.1.